The van der Waals surface area contributed by atoms with Gasteiger partial charge in [0.1, 0.15) is 0 Å². The maximum atomic E-state index is 15.7. The summed E-state index contributed by atoms with van der Waals surface area (Å²) in [5, 5.41) is 0.543. The number of aryl methyl sites for hydroxylation is 4. The van der Waals surface area contributed by atoms with E-state index < -0.39 is 28.9 Å². The summed E-state index contributed by atoms with van der Waals surface area (Å²) in [5.41, 5.74) is -1.13. The Balaban J connectivity index is 1.75. The second-order valence-corrected chi connectivity index (χ2v) is 13.8. The fourth-order valence-electron chi connectivity index (χ4n) is 5.70. The van der Waals surface area contributed by atoms with Gasteiger partial charge in [-0.1, -0.05) is 24.3 Å². The standard InChI is InChI=1S/C31H28Cl2F6S2/c1-17-25(21-11-9-19(7-3-5-13-32)15-23(21)40-17)27-28(30(36,37)31(38,39)29(27,34)35)26-18(2)41-24-16-20(8-4-6-14-33)10-12-22(24)26/h9-12,15-16H,3-8,13-14H2,1-2H3. The van der Waals surface area contributed by atoms with Crippen LogP contribution in [0.4, 0.5) is 26.3 Å². The molecule has 0 spiro atoms. The summed E-state index contributed by atoms with van der Waals surface area (Å²) in [7, 11) is 0. The Kier molecular flexibility index (Phi) is 8.54. The fraction of sp³-hybridized carbons (Fsp3) is 0.419. The first-order valence-corrected chi connectivity index (χ1v) is 16.1. The van der Waals surface area contributed by atoms with Gasteiger partial charge in [0.15, 0.2) is 0 Å². The van der Waals surface area contributed by atoms with Gasteiger partial charge in [0.25, 0.3) is 0 Å². The summed E-state index contributed by atoms with van der Waals surface area (Å²) in [6.45, 7) is 3.04. The summed E-state index contributed by atoms with van der Waals surface area (Å²) in [6, 6.07) is 10.3. The van der Waals surface area contributed by atoms with Crippen molar-refractivity contribution in [2.75, 3.05) is 11.8 Å². The lowest BCUT2D eigenvalue weighted by Crippen LogP contribution is -2.48. The van der Waals surface area contributed by atoms with Crippen LogP contribution in [0.5, 0.6) is 0 Å². The monoisotopic (exact) mass is 648 g/mol. The molecule has 220 valence electrons. The van der Waals surface area contributed by atoms with Crippen LogP contribution in [-0.2, 0) is 12.8 Å². The third-order valence-corrected chi connectivity index (χ3v) is 10.4. The predicted octanol–water partition coefficient (Wildman–Crippen LogP) is 11.7. The molecule has 4 aromatic rings. The van der Waals surface area contributed by atoms with E-state index in [1.165, 1.54) is 13.8 Å². The zero-order valence-corrected chi connectivity index (χ0v) is 25.6. The van der Waals surface area contributed by atoms with Crippen molar-refractivity contribution < 1.29 is 26.3 Å². The van der Waals surface area contributed by atoms with Crippen molar-refractivity contribution in [2.24, 2.45) is 0 Å². The molecular weight excluding hydrogens is 621 g/mol. The highest BCUT2D eigenvalue weighted by Crippen LogP contribution is 2.67. The molecule has 5 rings (SSSR count). The SMILES string of the molecule is Cc1sc2cc(CCCCCl)ccc2c1C1=C(c2c(C)sc3cc(CCCCCl)ccc23)C(F)(F)C(F)(F)C1(F)F. The van der Waals surface area contributed by atoms with Crippen molar-refractivity contribution in [1.29, 1.82) is 0 Å². The van der Waals surface area contributed by atoms with E-state index in [9.17, 15) is 0 Å². The lowest BCUT2D eigenvalue weighted by molar-refractivity contribution is -0.254. The number of alkyl halides is 8. The van der Waals surface area contributed by atoms with Gasteiger partial charge in [0, 0.05) is 64.0 Å². The van der Waals surface area contributed by atoms with Crippen LogP contribution in [0, 0.1) is 13.8 Å². The summed E-state index contributed by atoms with van der Waals surface area (Å²) < 4.78 is 94.5. The molecule has 2 heterocycles. The van der Waals surface area contributed by atoms with Crippen LogP contribution >= 0.6 is 45.9 Å². The van der Waals surface area contributed by atoms with Gasteiger partial charge in [0.05, 0.1) is 0 Å². The number of benzene rings is 2. The smallest absolute Gasteiger partial charge is 0.194 e. The van der Waals surface area contributed by atoms with E-state index in [4.69, 9.17) is 23.2 Å². The molecule has 0 N–H and O–H groups in total. The fourth-order valence-corrected chi connectivity index (χ4v) is 8.34. The first-order chi connectivity index (χ1) is 19.4. The lowest BCUT2D eigenvalue weighted by atomic mass is 9.91. The highest BCUT2D eigenvalue weighted by molar-refractivity contribution is 7.19. The molecular formula is C31H28Cl2F6S2. The van der Waals surface area contributed by atoms with Gasteiger partial charge in [0.2, 0.25) is 0 Å². The van der Waals surface area contributed by atoms with Crippen molar-refractivity contribution in [3.05, 3.63) is 68.4 Å². The molecule has 0 bridgehead atoms. The van der Waals surface area contributed by atoms with Crippen LogP contribution in [0.2, 0.25) is 0 Å². The number of hydrogen-bond donors (Lipinski definition) is 0. The number of thiophene rings is 2. The van der Waals surface area contributed by atoms with Crippen molar-refractivity contribution in [2.45, 2.75) is 70.1 Å². The molecule has 0 aliphatic heterocycles. The Labute approximate surface area is 253 Å². The number of hydrogen-bond acceptors (Lipinski definition) is 2. The van der Waals surface area contributed by atoms with E-state index in [2.05, 4.69) is 0 Å². The van der Waals surface area contributed by atoms with E-state index in [1.807, 2.05) is 12.1 Å². The first-order valence-electron chi connectivity index (χ1n) is 13.4. The number of fused-ring (bicyclic) bond motifs is 2. The molecule has 0 saturated heterocycles. The maximum absolute atomic E-state index is 15.7. The van der Waals surface area contributed by atoms with E-state index in [1.54, 1.807) is 24.3 Å². The van der Waals surface area contributed by atoms with Crippen LogP contribution in [0.25, 0.3) is 31.3 Å². The largest absolute Gasteiger partial charge is 0.380 e. The Hall–Kier alpha value is -1.74. The van der Waals surface area contributed by atoms with Crippen LogP contribution in [0.15, 0.2) is 36.4 Å². The highest BCUT2D eigenvalue weighted by Gasteiger charge is 2.80. The summed E-state index contributed by atoms with van der Waals surface area (Å²) >= 11 is 13.8. The Morgan fingerprint density at radius 3 is 1.37 bits per heavy atom. The quantitative estimate of drug-likeness (QED) is 0.0911. The van der Waals surface area contributed by atoms with Gasteiger partial charge >= 0.3 is 17.8 Å². The third kappa shape index (κ3) is 5.00. The van der Waals surface area contributed by atoms with Gasteiger partial charge in [-0.25, -0.2) is 0 Å². The average molecular weight is 650 g/mol. The number of unbranched alkanes of at least 4 members (excludes halogenated alkanes) is 2. The molecule has 10 heteroatoms. The summed E-state index contributed by atoms with van der Waals surface area (Å²) in [4.78, 5) is 0.578. The molecule has 41 heavy (non-hydrogen) atoms. The molecule has 0 unspecified atom stereocenters. The molecule has 1 aliphatic rings. The summed E-state index contributed by atoms with van der Waals surface area (Å²) in [5.74, 6) is -14.7. The minimum Gasteiger partial charge on any atom is -0.194 e. The topological polar surface area (TPSA) is 0 Å². The molecule has 0 saturated carbocycles. The zero-order valence-electron chi connectivity index (χ0n) is 22.5. The summed E-state index contributed by atoms with van der Waals surface area (Å²) in [6.07, 6.45) is 4.70. The molecule has 2 aromatic carbocycles. The van der Waals surface area contributed by atoms with Crippen molar-refractivity contribution >= 4 is 77.2 Å². The van der Waals surface area contributed by atoms with Gasteiger partial charge in [-0.2, -0.15) is 26.3 Å². The molecule has 0 fully saturated rings. The predicted molar refractivity (Wildman–Crippen MR) is 162 cm³/mol. The molecule has 0 nitrogen and oxygen atoms in total. The Morgan fingerprint density at radius 2 is 1.00 bits per heavy atom. The second kappa shape index (κ2) is 11.4. The number of rotatable bonds is 10. The van der Waals surface area contributed by atoms with Crippen molar-refractivity contribution in [1.82, 2.24) is 0 Å². The normalized spacial score (nSPS) is 17.8. The lowest BCUT2D eigenvalue weighted by Gasteiger charge is -2.26. The van der Waals surface area contributed by atoms with Crippen LogP contribution < -0.4 is 0 Å². The van der Waals surface area contributed by atoms with Gasteiger partial charge in [-0.15, -0.1) is 45.9 Å². The van der Waals surface area contributed by atoms with E-state index in [-0.39, 0.29) is 31.7 Å². The average Bonchev–Trinajstić information content (AvgIpc) is 3.43. The van der Waals surface area contributed by atoms with Crippen LogP contribution in [-0.4, -0.2) is 29.5 Å². The van der Waals surface area contributed by atoms with Crippen molar-refractivity contribution in [3.8, 4) is 0 Å². The highest BCUT2D eigenvalue weighted by atomic mass is 35.5. The molecule has 1 aliphatic carbocycles. The third-order valence-electron chi connectivity index (χ3n) is 7.73. The molecule has 0 radical (unpaired) electrons. The van der Waals surface area contributed by atoms with Gasteiger partial charge in [-0.05, 0) is 75.6 Å². The maximum Gasteiger partial charge on any atom is 0.380 e. The van der Waals surface area contributed by atoms with E-state index in [0.717, 1.165) is 59.5 Å². The Bertz CT molecular complexity index is 1510. The van der Waals surface area contributed by atoms with E-state index >= 15 is 26.3 Å². The minimum absolute atomic E-state index is 0.231. The van der Waals surface area contributed by atoms with Crippen molar-refractivity contribution in [3.63, 3.8) is 0 Å². The molecule has 2 aromatic heterocycles. The Morgan fingerprint density at radius 1 is 0.610 bits per heavy atom. The van der Waals surface area contributed by atoms with E-state index in [0.29, 0.717) is 34.0 Å². The number of allylic oxidation sites excluding steroid dienone is 2. The second-order valence-electron chi connectivity index (χ2n) is 10.5. The minimum atomic E-state index is -5.60. The first kappa shape index (κ1) is 30.7. The van der Waals surface area contributed by atoms with Gasteiger partial charge < -0.3 is 0 Å². The number of halogens is 8. The zero-order chi connectivity index (χ0) is 29.7. The molecule has 0 amide bonds. The van der Waals surface area contributed by atoms with Gasteiger partial charge in [-0.3, -0.25) is 0 Å². The molecule has 0 atom stereocenters. The van der Waals surface area contributed by atoms with Crippen LogP contribution in [0.1, 0.15) is 57.7 Å². The van der Waals surface area contributed by atoms with Crippen LogP contribution in [0.3, 0.4) is 0 Å².